The van der Waals surface area contributed by atoms with E-state index in [0.29, 0.717) is 12.0 Å². The van der Waals surface area contributed by atoms with Crippen LogP contribution in [-0.2, 0) is 6.42 Å². The number of nitro benzene ring substituents is 1. The number of carboxylic acid groups (broad SMARTS) is 1. The topological polar surface area (TPSA) is 89.7 Å². The average Bonchev–Trinajstić information content (AvgIpc) is 2.71. The Morgan fingerprint density at radius 1 is 0.967 bits per heavy atom. The predicted octanol–water partition coefficient (Wildman–Crippen LogP) is 7.24. The lowest BCUT2D eigenvalue weighted by Crippen LogP contribution is -2.10. The van der Waals surface area contributed by atoms with E-state index in [1.807, 2.05) is 0 Å². The summed E-state index contributed by atoms with van der Waals surface area (Å²) in [6.07, 6.45) is 16.2. The zero-order valence-corrected chi connectivity index (χ0v) is 19.0. The van der Waals surface area contributed by atoms with Crippen LogP contribution in [0.2, 0.25) is 0 Å². The summed E-state index contributed by atoms with van der Waals surface area (Å²) in [5, 5.41) is 21.1. The molecular formula is C24H39NO5. The summed E-state index contributed by atoms with van der Waals surface area (Å²) in [6.45, 7) is 3.87. The number of carbonyl (C=O) groups is 1. The van der Waals surface area contributed by atoms with Crippen molar-refractivity contribution in [3.8, 4) is 5.75 Å². The summed E-state index contributed by atoms with van der Waals surface area (Å²) in [5.74, 6) is -0.957. The van der Waals surface area contributed by atoms with Crippen LogP contribution in [0.1, 0.15) is 112 Å². The summed E-state index contributed by atoms with van der Waals surface area (Å²) in [7, 11) is 1.40. The van der Waals surface area contributed by atoms with Crippen LogP contribution in [0.4, 0.5) is 5.69 Å². The van der Waals surface area contributed by atoms with E-state index in [0.717, 1.165) is 19.3 Å². The molecule has 1 rings (SSSR count). The van der Waals surface area contributed by atoms with Crippen LogP contribution in [0.3, 0.4) is 0 Å². The summed E-state index contributed by atoms with van der Waals surface area (Å²) >= 11 is 0. The van der Waals surface area contributed by atoms with Crippen molar-refractivity contribution in [2.75, 3.05) is 7.11 Å². The second-order valence-electron chi connectivity index (χ2n) is 8.15. The lowest BCUT2D eigenvalue weighted by Gasteiger charge is -2.14. The molecule has 0 aromatic heterocycles. The van der Waals surface area contributed by atoms with Gasteiger partial charge in [-0.3, -0.25) is 10.1 Å². The molecule has 0 unspecified atom stereocenters. The lowest BCUT2D eigenvalue weighted by molar-refractivity contribution is -0.385. The third kappa shape index (κ3) is 8.72. The summed E-state index contributed by atoms with van der Waals surface area (Å²) in [6, 6.07) is 1.42. The second kappa shape index (κ2) is 14.8. The largest absolute Gasteiger partial charge is 0.496 e. The van der Waals surface area contributed by atoms with Crippen molar-refractivity contribution in [3.05, 3.63) is 32.9 Å². The van der Waals surface area contributed by atoms with Crippen molar-refractivity contribution in [2.45, 2.75) is 104 Å². The predicted molar refractivity (Wildman–Crippen MR) is 121 cm³/mol. The maximum absolute atomic E-state index is 11.8. The molecule has 0 bridgehead atoms. The molecule has 0 aliphatic rings. The van der Waals surface area contributed by atoms with E-state index >= 15 is 0 Å². The number of benzene rings is 1. The minimum absolute atomic E-state index is 0.0665. The normalized spacial score (nSPS) is 10.9. The van der Waals surface area contributed by atoms with Gasteiger partial charge in [-0.05, 0) is 25.3 Å². The number of ether oxygens (including phenoxy) is 1. The van der Waals surface area contributed by atoms with Crippen molar-refractivity contribution in [1.82, 2.24) is 0 Å². The Balaban J connectivity index is 2.41. The molecule has 1 N–H and O–H groups in total. The van der Waals surface area contributed by atoms with E-state index in [4.69, 9.17) is 4.74 Å². The van der Waals surface area contributed by atoms with Crippen molar-refractivity contribution >= 4 is 11.7 Å². The molecule has 30 heavy (non-hydrogen) atoms. The monoisotopic (exact) mass is 421 g/mol. The number of aryl methyl sites for hydroxylation is 1. The standard InChI is InChI=1S/C24H39NO5/c1-4-5-6-7-8-9-10-11-12-13-14-15-16-17-20-21(25(28)29)18-19(2)23(30-3)22(20)24(26)27/h18H,4-17H2,1-3H3,(H,26,27). The van der Waals surface area contributed by atoms with E-state index in [2.05, 4.69) is 6.92 Å². The number of aromatic carboxylic acids is 1. The molecule has 0 heterocycles. The van der Waals surface area contributed by atoms with Gasteiger partial charge in [0.1, 0.15) is 11.3 Å². The molecule has 0 radical (unpaired) electrons. The molecule has 6 heteroatoms. The number of methoxy groups -OCH3 is 1. The lowest BCUT2D eigenvalue weighted by atomic mass is 9.95. The Labute approximate surface area is 181 Å². The number of hydrogen-bond donors (Lipinski definition) is 1. The average molecular weight is 422 g/mol. The van der Waals surface area contributed by atoms with Gasteiger partial charge in [0.15, 0.2) is 0 Å². The van der Waals surface area contributed by atoms with Crippen molar-refractivity contribution in [2.24, 2.45) is 0 Å². The summed E-state index contributed by atoms with van der Waals surface area (Å²) in [4.78, 5) is 22.7. The number of hydrogen-bond acceptors (Lipinski definition) is 4. The molecule has 0 fully saturated rings. The van der Waals surface area contributed by atoms with Crippen LogP contribution in [0, 0.1) is 17.0 Å². The summed E-state index contributed by atoms with van der Waals surface area (Å²) < 4.78 is 5.23. The molecule has 1 aromatic rings. The Morgan fingerprint density at radius 3 is 1.83 bits per heavy atom. The molecular weight excluding hydrogens is 382 g/mol. The highest BCUT2D eigenvalue weighted by Gasteiger charge is 2.27. The first-order valence-electron chi connectivity index (χ1n) is 11.5. The first-order chi connectivity index (χ1) is 14.4. The molecule has 0 saturated carbocycles. The molecule has 170 valence electrons. The number of nitro groups is 1. The fourth-order valence-electron chi connectivity index (χ4n) is 4.04. The van der Waals surface area contributed by atoms with Crippen LogP contribution in [0.5, 0.6) is 5.75 Å². The SMILES string of the molecule is CCCCCCCCCCCCCCCc1c([N+](=O)[O-])cc(C)c(OC)c1C(=O)O. The molecule has 0 saturated heterocycles. The maximum Gasteiger partial charge on any atom is 0.340 e. The van der Waals surface area contributed by atoms with E-state index in [9.17, 15) is 20.0 Å². The molecule has 0 aliphatic heterocycles. The number of rotatable bonds is 17. The minimum Gasteiger partial charge on any atom is -0.496 e. The van der Waals surface area contributed by atoms with Gasteiger partial charge in [0.05, 0.1) is 12.0 Å². The van der Waals surface area contributed by atoms with E-state index < -0.39 is 10.9 Å². The van der Waals surface area contributed by atoms with Gasteiger partial charge in [-0.15, -0.1) is 0 Å². The van der Waals surface area contributed by atoms with Gasteiger partial charge in [0, 0.05) is 11.6 Å². The molecule has 6 nitrogen and oxygen atoms in total. The molecule has 0 aliphatic carbocycles. The summed E-state index contributed by atoms with van der Waals surface area (Å²) in [5.41, 5.74) is 0.557. The third-order valence-corrected chi connectivity index (χ3v) is 5.69. The fourth-order valence-corrected chi connectivity index (χ4v) is 4.04. The first-order valence-corrected chi connectivity index (χ1v) is 11.5. The molecule has 0 spiro atoms. The van der Waals surface area contributed by atoms with Crippen molar-refractivity contribution in [3.63, 3.8) is 0 Å². The minimum atomic E-state index is -1.18. The van der Waals surface area contributed by atoms with Gasteiger partial charge < -0.3 is 9.84 Å². The van der Waals surface area contributed by atoms with Crippen LogP contribution in [0.15, 0.2) is 6.07 Å². The van der Waals surface area contributed by atoms with E-state index in [1.165, 1.54) is 77.4 Å². The smallest absolute Gasteiger partial charge is 0.340 e. The quantitative estimate of drug-likeness (QED) is 0.163. The Bertz CT molecular complexity index is 672. The highest BCUT2D eigenvalue weighted by atomic mass is 16.6. The fraction of sp³-hybridized carbons (Fsp3) is 0.708. The van der Waals surface area contributed by atoms with Gasteiger partial charge in [0.2, 0.25) is 0 Å². The maximum atomic E-state index is 11.8. The first kappa shape index (κ1) is 25.9. The number of unbranched alkanes of at least 4 members (excludes halogenated alkanes) is 12. The zero-order chi connectivity index (χ0) is 22.4. The Hall–Kier alpha value is -2.11. The van der Waals surface area contributed by atoms with Gasteiger partial charge >= 0.3 is 5.97 Å². The third-order valence-electron chi connectivity index (χ3n) is 5.69. The van der Waals surface area contributed by atoms with Crippen molar-refractivity contribution < 1.29 is 19.6 Å². The van der Waals surface area contributed by atoms with Crippen LogP contribution in [0.25, 0.3) is 0 Å². The highest BCUT2D eigenvalue weighted by Crippen LogP contribution is 2.35. The number of carboxylic acids is 1. The Kier molecular flexibility index (Phi) is 12.8. The highest BCUT2D eigenvalue weighted by molar-refractivity contribution is 5.94. The molecule has 0 amide bonds. The zero-order valence-electron chi connectivity index (χ0n) is 19.0. The number of nitrogens with zero attached hydrogens (tertiary/aromatic N) is 1. The van der Waals surface area contributed by atoms with Crippen molar-refractivity contribution in [1.29, 1.82) is 0 Å². The second-order valence-corrected chi connectivity index (χ2v) is 8.15. The van der Waals surface area contributed by atoms with Crippen LogP contribution < -0.4 is 4.74 Å². The van der Waals surface area contributed by atoms with Gasteiger partial charge in [-0.25, -0.2) is 4.79 Å². The van der Waals surface area contributed by atoms with Crippen LogP contribution >= 0.6 is 0 Å². The van der Waals surface area contributed by atoms with Crippen LogP contribution in [-0.4, -0.2) is 23.1 Å². The Morgan fingerprint density at radius 2 is 1.43 bits per heavy atom. The molecule has 1 aromatic carbocycles. The van der Waals surface area contributed by atoms with Gasteiger partial charge in [-0.2, -0.15) is 0 Å². The van der Waals surface area contributed by atoms with Gasteiger partial charge in [0.25, 0.3) is 5.69 Å². The van der Waals surface area contributed by atoms with E-state index in [1.54, 1.807) is 6.92 Å². The molecule has 0 atom stereocenters. The van der Waals surface area contributed by atoms with E-state index in [-0.39, 0.29) is 22.6 Å². The van der Waals surface area contributed by atoms with Gasteiger partial charge in [-0.1, -0.05) is 84.0 Å².